The largest absolute Gasteiger partial charge is 0.385 e. The molecule has 1 unspecified atom stereocenters. The Morgan fingerprint density at radius 1 is 1.35 bits per heavy atom. The number of rotatable bonds is 4. The average molecular weight is 359 g/mol. The number of allylic oxidation sites excluding steroid dienone is 3. The fourth-order valence-corrected chi connectivity index (χ4v) is 4.98. The second-order valence-corrected chi connectivity index (χ2v) is 8.04. The van der Waals surface area contributed by atoms with Crippen molar-refractivity contribution in [3.8, 4) is 18.4 Å². The van der Waals surface area contributed by atoms with Crippen molar-refractivity contribution in [2.24, 2.45) is 11.7 Å². The SMILES string of the molecule is C#CCC1=C(C)NC(N)=C(CC2CC2)C1c1csc2c(C#N)cccc12. The summed E-state index contributed by atoms with van der Waals surface area (Å²) in [5.41, 5.74) is 11.9. The Bertz CT molecular complexity index is 1020. The molecule has 3 nitrogen and oxygen atoms in total. The molecule has 26 heavy (non-hydrogen) atoms. The lowest BCUT2D eigenvalue weighted by Gasteiger charge is -2.32. The number of nitriles is 1. The number of hydrogen-bond donors (Lipinski definition) is 2. The van der Waals surface area contributed by atoms with Gasteiger partial charge in [0.15, 0.2) is 0 Å². The molecule has 4 rings (SSSR count). The van der Waals surface area contributed by atoms with Crippen molar-refractivity contribution < 1.29 is 0 Å². The van der Waals surface area contributed by atoms with Gasteiger partial charge < -0.3 is 11.1 Å². The van der Waals surface area contributed by atoms with E-state index in [-0.39, 0.29) is 5.92 Å². The van der Waals surface area contributed by atoms with E-state index in [2.05, 4.69) is 35.7 Å². The Morgan fingerprint density at radius 2 is 2.15 bits per heavy atom. The van der Waals surface area contributed by atoms with Crippen LogP contribution >= 0.6 is 11.3 Å². The fourth-order valence-electron chi connectivity index (χ4n) is 3.91. The van der Waals surface area contributed by atoms with Crippen LogP contribution in [-0.4, -0.2) is 0 Å². The molecule has 1 saturated carbocycles. The monoisotopic (exact) mass is 359 g/mol. The topological polar surface area (TPSA) is 61.8 Å². The van der Waals surface area contributed by atoms with Gasteiger partial charge in [0.25, 0.3) is 0 Å². The molecule has 3 N–H and O–H groups in total. The predicted molar refractivity (Wildman–Crippen MR) is 107 cm³/mol. The maximum atomic E-state index is 9.44. The zero-order chi connectivity index (χ0) is 18.3. The summed E-state index contributed by atoms with van der Waals surface area (Å²) in [6.07, 6.45) is 9.86. The van der Waals surface area contributed by atoms with Gasteiger partial charge in [-0.05, 0) is 65.6 Å². The molecule has 0 bridgehead atoms. The third-order valence-electron chi connectivity index (χ3n) is 5.41. The number of fused-ring (bicyclic) bond motifs is 1. The van der Waals surface area contributed by atoms with Crippen LogP contribution in [0.5, 0.6) is 0 Å². The van der Waals surface area contributed by atoms with Crippen LogP contribution < -0.4 is 11.1 Å². The lowest BCUT2D eigenvalue weighted by Crippen LogP contribution is -2.30. The summed E-state index contributed by atoms with van der Waals surface area (Å²) in [6.45, 7) is 2.05. The Morgan fingerprint density at radius 3 is 2.85 bits per heavy atom. The molecule has 2 aliphatic rings. The van der Waals surface area contributed by atoms with Crippen LogP contribution in [0.4, 0.5) is 0 Å². The van der Waals surface area contributed by atoms with E-state index in [9.17, 15) is 5.26 Å². The van der Waals surface area contributed by atoms with E-state index in [1.54, 1.807) is 11.3 Å². The molecule has 1 aliphatic heterocycles. The number of nitrogens with one attached hydrogen (secondary N) is 1. The van der Waals surface area contributed by atoms with E-state index < -0.39 is 0 Å². The van der Waals surface area contributed by atoms with E-state index in [1.165, 1.54) is 29.6 Å². The molecule has 1 aromatic heterocycles. The van der Waals surface area contributed by atoms with E-state index in [0.29, 0.717) is 6.42 Å². The van der Waals surface area contributed by atoms with E-state index in [1.807, 2.05) is 12.1 Å². The van der Waals surface area contributed by atoms with Crippen molar-refractivity contribution >= 4 is 21.4 Å². The highest BCUT2D eigenvalue weighted by molar-refractivity contribution is 7.17. The number of dihydropyridines is 1. The van der Waals surface area contributed by atoms with Gasteiger partial charge in [-0.25, -0.2) is 0 Å². The molecule has 0 radical (unpaired) electrons. The summed E-state index contributed by atoms with van der Waals surface area (Å²) >= 11 is 1.64. The van der Waals surface area contributed by atoms with E-state index >= 15 is 0 Å². The zero-order valence-corrected chi connectivity index (χ0v) is 15.6. The second kappa shape index (κ2) is 6.56. The molecule has 130 valence electrons. The van der Waals surface area contributed by atoms with Gasteiger partial charge in [0.1, 0.15) is 11.9 Å². The molecule has 2 heterocycles. The van der Waals surface area contributed by atoms with Gasteiger partial charge in [-0.15, -0.1) is 23.7 Å². The molecule has 1 fully saturated rings. The highest BCUT2D eigenvalue weighted by atomic mass is 32.1. The van der Waals surface area contributed by atoms with E-state index in [0.717, 1.165) is 39.5 Å². The van der Waals surface area contributed by atoms with Crippen LogP contribution in [0.2, 0.25) is 0 Å². The van der Waals surface area contributed by atoms with Crippen molar-refractivity contribution in [2.75, 3.05) is 0 Å². The predicted octanol–water partition coefficient (Wildman–Crippen LogP) is 4.73. The van der Waals surface area contributed by atoms with Crippen LogP contribution in [0.3, 0.4) is 0 Å². The third-order valence-corrected chi connectivity index (χ3v) is 6.45. The van der Waals surface area contributed by atoms with Gasteiger partial charge in [-0.3, -0.25) is 0 Å². The Labute approximate surface area is 158 Å². The summed E-state index contributed by atoms with van der Waals surface area (Å²) in [5.74, 6) is 4.44. The maximum absolute atomic E-state index is 9.44. The summed E-state index contributed by atoms with van der Waals surface area (Å²) in [4.78, 5) is 0. The fraction of sp³-hybridized carbons (Fsp3) is 0.318. The highest BCUT2D eigenvalue weighted by Crippen LogP contribution is 2.48. The molecular weight excluding hydrogens is 338 g/mol. The van der Waals surface area contributed by atoms with Gasteiger partial charge >= 0.3 is 0 Å². The maximum Gasteiger partial charge on any atom is 0.101 e. The molecule has 0 spiro atoms. The Balaban J connectivity index is 1.90. The standard InChI is InChI=1S/C22H21N3S/c1-3-5-16-13(2)25-22(24)18(10-14-8-9-14)20(16)19-12-26-21-15(11-23)6-4-7-17(19)21/h1,4,6-7,12,14,20,25H,5,8-10,24H2,2H3. The van der Waals surface area contributed by atoms with Crippen LogP contribution in [0.25, 0.3) is 10.1 Å². The summed E-state index contributed by atoms with van der Waals surface area (Å²) in [6, 6.07) is 8.26. The van der Waals surface area contributed by atoms with Crippen molar-refractivity contribution in [1.82, 2.24) is 5.32 Å². The van der Waals surface area contributed by atoms with Crippen LogP contribution in [0.1, 0.15) is 49.7 Å². The molecule has 1 aliphatic carbocycles. The second-order valence-electron chi connectivity index (χ2n) is 7.16. The first-order valence-corrected chi connectivity index (χ1v) is 9.80. The summed E-state index contributed by atoms with van der Waals surface area (Å²) in [5, 5.41) is 16.1. The molecule has 4 heteroatoms. The molecule has 1 atom stereocenters. The third kappa shape index (κ3) is 2.77. The lowest BCUT2D eigenvalue weighted by molar-refractivity contribution is 0.677. The van der Waals surface area contributed by atoms with Gasteiger partial charge in [-0.1, -0.05) is 12.1 Å². The number of thiophene rings is 1. The van der Waals surface area contributed by atoms with Crippen molar-refractivity contribution in [2.45, 2.75) is 38.5 Å². The molecule has 0 saturated heterocycles. The number of hydrogen-bond acceptors (Lipinski definition) is 4. The number of nitrogens with zero attached hydrogens (tertiary/aromatic N) is 1. The van der Waals surface area contributed by atoms with Gasteiger partial charge in [0.2, 0.25) is 0 Å². The molecule has 2 aromatic rings. The molecular formula is C22H21N3S. The normalized spacial score (nSPS) is 20.0. The van der Waals surface area contributed by atoms with Crippen molar-refractivity contribution in [3.05, 3.63) is 57.4 Å². The smallest absolute Gasteiger partial charge is 0.101 e. The van der Waals surface area contributed by atoms with Crippen LogP contribution in [-0.2, 0) is 0 Å². The number of terminal acetylenes is 1. The van der Waals surface area contributed by atoms with Crippen LogP contribution in [0.15, 0.2) is 46.2 Å². The lowest BCUT2D eigenvalue weighted by atomic mass is 9.78. The zero-order valence-electron chi connectivity index (χ0n) is 14.8. The Kier molecular flexibility index (Phi) is 4.23. The summed E-state index contributed by atoms with van der Waals surface area (Å²) < 4.78 is 1.05. The van der Waals surface area contributed by atoms with Gasteiger partial charge in [0, 0.05) is 18.0 Å². The highest BCUT2D eigenvalue weighted by Gasteiger charge is 2.34. The molecule has 0 amide bonds. The first-order valence-electron chi connectivity index (χ1n) is 8.92. The first-order chi connectivity index (χ1) is 12.6. The average Bonchev–Trinajstić information content (AvgIpc) is 3.35. The minimum Gasteiger partial charge on any atom is -0.385 e. The van der Waals surface area contributed by atoms with Crippen molar-refractivity contribution in [1.29, 1.82) is 5.26 Å². The van der Waals surface area contributed by atoms with Crippen molar-refractivity contribution in [3.63, 3.8) is 0 Å². The molecule has 1 aromatic carbocycles. The summed E-state index contributed by atoms with van der Waals surface area (Å²) in [7, 11) is 0. The number of benzene rings is 1. The quantitative estimate of drug-likeness (QED) is 0.776. The van der Waals surface area contributed by atoms with Crippen LogP contribution in [0, 0.1) is 29.6 Å². The minimum atomic E-state index is 0.107. The van der Waals surface area contributed by atoms with Gasteiger partial charge in [-0.2, -0.15) is 5.26 Å². The van der Waals surface area contributed by atoms with E-state index in [4.69, 9.17) is 12.2 Å². The minimum absolute atomic E-state index is 0.107. The van der Waals surface area contributed by atoms with Gasteiger partial charge in [0.05, 0.1) is 10.3 Å². The Hall–Kier alpha value is -2.69. The first kappa shape index (κ1) is 16.8. The number of nitrogens with two attached hydrogens (primary N) is 1.